The largest absolute Gasteiger partial charge is 0.485 e. The Labute approximate surface area is 308 Å². The summed E-state index contributed by atoms with van der Waals surface area (Å²) >= 11 is 9.36. The number of anilines is 1. The lowest BCUT2D eigenvalue weighted by Crippen LogP contribution is -2.47. The number of aromatic nitrogens is 6. The zero-order valence-electron chi connectivity index (χ0n) is 27.9. The Hall–Kier alpha value is -4.83. The van der Waals surface area contributed by atoms with Crippen molar-refractivity contribution < 1.29 is 27.5 Å². The maximum absolute atomic E-state index is 14.1. The normalized spacial score (nSPS) is 16.7. The smallest absolute Gasteiger partial charge is 0.416 e. The minimum Gasteiger partial charge on any atom is -0.485 e. The first-order valence-corrected chi connectivity index (χ1v) is 17.6. The molecule has 0 saturated carbocycles. The maximum atomic E-state index is 14.1. The van der Waals surface area contributed by atoms with Crippen LogP contribution in [0.5, 0.6) is 5.75 Å². The molecule has 2 aliphatic rings. The summed E-state index contributed by atoms with van der Waals surface area (Å²) in [6, 6.07) is 12.2. The first-order chi connectivity index (χ1) is 24.8. The van der Waals surface area contributed by atoms with Crippen molar-refractivity contribution in [1.29, 1.82) is 0 Å². The predicted molar refractivity (Wildman–Crippen MR) is 187 cm³/mol. The molecule has 4 heterocycles. The van der Waals surface area contributed by atoms with E-state index >= 15 is 0 Å². The zero-order valence-corrected chi connectivity index (χ0v) is 30.2. The highest BCUT2D eigenvalue weighted by molar-refractivity contribution is 9.10. The number of rotatable bonds is 7. The van der Waals surface area contributed by atoms with Crippen LogP contribution in [0.25, 0.3) is 5.78 Å². The van der Waals surface area contributed by atoms with Gasteiger partial charge in [0.1, 0.15) is 19.5 Å². The zero-order chi connectivity index (χ0) is 36.9. The van der Waals surface area contributed by atoms with E-state index in [1.165, 1.54) is 6.33 Å². The number of fused-ring (bicyclic) bond motifs is 3. The van der Waals surface area contributed by atoms with Crippen molar-refractivity contribution in [1.82, 2.24) is 34.0 Å². The molecule has 2 aromatic carbocycles. The second-order valence-corrected chi connectivity index (χ2v) is 14.2. The number of nitrogens with one attached hydrogen (secondary N) is 1. The molecule has 1 N–H and O–H groups in total. The van der Waals surface area contributed by atoms with Gasteiger partial charge in [-0.1, -0.05) is 48.9 Å². The lowest BCUT2D eigenvalue weighted by atomic mass is 9.73. The van der Waals surface area contributed by atoms with Crippen LogP contribution in [0.1, 0.15) is 70.7 Å². The van der Waals surface area contributed by atoms with Gasteiger partial charge in [0.05, 0.1) is 22.0 Å². The number of halogens is 5. The molecule has 2 amide bonds. The average molecular weight is 800 g/mol. The first kappa shape index (κ1) is 35.6. The number of piperidine rings is 1. The monoisotopic (exact) mass is 798 g/mol. The molecule has 1 saturated heterocycles. The van der Waals surface area contributed by atoms with E-state index in [1.807, 2.05) is 37.3 Å². The molecule has 17 heteroatoms. The number of amides is 2. The van der Waals surface area contributed by atoms with Gasteiger partial charge in [-0.05, 0) is 71.8 Å². The van der Waals surface area contributed by atoms with Crippen molar-refractivity contribution in [2.24, 2.45) is 0 Å². The van der Waals surface area contributed by atoms with Gasteiger partial charge < -0.3 is 19.5 Å². The fourth-order valence-corrected chi connectivity index (χ4v) is 7.93. The van der Waals surface area contributed by atoms with Crippen LogP contribution >= 0.6 is 27.5 Å². The predicted octanol–water partition coefficient (Wildman–Crippen LogP) is 6.32. The molecular weight excluding hydrogens is 769 g/mol. The lowest BCUT2D eigenvalue weighted by Gasteiger charge is -2.39. The molecule has 12 nitrogen and oxygen atoms in total. The van der Waals surface area contributed by atoms with Crippen LogP contribution in [-0.2, 0) is 29.5 Å². The SMILES string of the molecule is Cc1ncnc(C(=O)N2CCC3(CC2)CC(C)c2c3c(=O)n3nc(Br)nc3n2CC(=O)Nc2ccc(C(F)(F)F)cc2Cl)c1OCc1ccccc1. The highest BCUT2D eigenvalue weighted by Gasteiger charge is 2.49. The summed E-state index contributed by atoms with van der Waals surface area (Å²) in [5, 5.41) is 6.59. The van der Waals surface area contributed by atoms with Gasteiger partial charge >= 0.3 is 6.18 Å². The summed E-state index contributed by atoms with van der Waals surface area (Å²) in [4.78, 5) is 56.1. The number of aryl methyl sites for hydroxylation is 1. The third kappa shape index (κ3) is 6.53. The topological polar surface area (TPSA) is 137 Å². The van der Waals surface area contributed by atoms with Crippen molar-refractivity contribution >= 4 is 50.8 Å². The van der Waals surface area contributed by atoms with Crippen molar-refractivity contribution in [3.8, 4) is 5.75 Å². The van der Waals surface area contributed by atoms with Crippen LogP contribution in [0.15, 0.2) is 64.4 Å². The second kappa shape index (κ2) is 13.6. The van der Waals surface area contributed by atoms with Gasteiger partial charge in [0.2, 0.25) is 16.4 Å². The van der Waals surface area contributed by atoms with Gasteiger partial charge in [0.15, 0.2) is 11.4 Å². The molecule has 1 spiro atoms. The Morgan fingerprint density at radius 2 is 1.85 bits per heavy atom. The van der Waals surface area contributed by atoms with Crippen molar-refractivity contribution in [2.75, 3.05) is 18.4 Å². The summed E-state index contributed by atoms with van der Waals surface area (Å²) in [6.07, 6.45) is -1.75. The fourth-order valence-electron chi connectivity index (χ4n) is 7.38. The molecule has 1 atom stereocenters. The highest BCUT2D eigenvalue weighted by atomic mass is 79.9. The number of hydrogen-bond acceptors (Lipinski definition) is 8. The van der Waals surface area contributed by atoms with E-state index in [4.69, 9.17) is 16.3 Å². The van der Waals surface area contributed by atoms with E-state index < -0.39 is 23.1 Å². The molecule has 3 aromatic heterocycles. The van der Waals surface area contributed by atoms with Crippen LogP contribution in [0.3, 0.4) is 0 Å². The van der Waals surface area contributed by atoms with Crippen LogP contribution < -0.4 is 15.6 Å². The first-order valence-electron chi connectivity index (χ1n) is 16.4. The minimum atomic E-state index is -4.60. The Balaban J connectivity index is 1.15. The number of likely N-dealkylation sites (tertiary alicyclic amines) is 1. The van der Waals surface area contributed by atoms with Crippen molar-refractivity contribution in [3.63, 3.8) is 0 Å². The molecule has 52 heavy (non-hydrogen) atoms. The molecule has 1 aliphatic carbocycles. The van der Waals surface area contributed by atoms with Crippen LogP contribution in [-0.4, -0.2) is 58.9 Å². The number of ether oxygens (including phenoxy) is 1. The molecule has 1 fully saturated rings. The Morgan fingerprint density at radius 1 is 1.12 bits per heavy atom. The molecule has 270 valence electrons. The van der Waals surface area contributed by atoms with Gasteiger partial charge in [-0.3, -0.25) is 14.4 Å². The Bertz CT molecular complexity index is 2270. The summed E-state index contributed by atoms with van der Waals surface area (Å²) < 4.78 is 48.5. The Kier molecular flexibility index (Phi) is 9.31. The minimum absolute atomic E-state index is 0.00471. The van der Waals surface area contributed by atoms with Crippen LogP contribution in [0.4, 0.5) is 18.9 Å². The van der Waals surface area contributed by atoms with Gasteiger partial charge in [-0.2, -0.15) is 22.7 Å². The number of carbonyl (C=O) groups excluding carboxylic acids is 2. The Morgan fingerprint density at radius 3 is 2.54 bits per heavy atom. The number of benzene rings is 2. The molecule has 0 radical (unpaired) electrons. The van der Waals surface area contributed by atoms with E-state index in [-0.39, 0.29) is 57.5 Å². The lowest BCUT2D eigenvalue weighted by molar-refractivity contribution is -0.137. The molecule has 1 unspecified atom stereocenters. The molecule has 1 aliphatic heterocycles. The number of alkyl halides is 3. The van der Waals surface area contributed by atoms with Gasteiger partial charge in [-0.15, -0.1) is 5.10 Å². The standard InChI is InChI=1S/C35H31BrClF3N8O4/c1-19-15-34(10-12-46(13-11-34)31(51)27-29(20(2)41-18-42-27)52-17-21-6-4-3-5-7-21)26-28(19)47(33-44-32(36)45-48(33)30(26)50)16-25(49)43-24-9-8-22(14-23(24)37)35(38,39)40/h3-9,14,18-19H,10-13,15-17H2,1-2H3,(H,43,49). The number of carbonyl (C=O) groups is 2. The van der Waals surface area contributed by atoms with E-state index in [1.54, 1.807) is 16.4 Å². The third-order valence-corrected chi connectivity index (χ3v) is 10.4. The van der Waals surface area contributed by atoms with Crippen molar-refractivity contribution in [3.05, 3.63) is 109 Å². The highest BCUT2D eigenvalue weighted by Crippen LogP contribution is 2.50. The van der Waals surface area contributed by atoms with Crippen LogP contribution in [0, 0.1) is 6.92 Å². The third-order valence-electron chi connectivity index (χ3n) is 9.74. The van der Waals surface area contributed by atoms with Gasteiger partial charge in [-0.25, -0.2) is 9.97 Å². The van der Waals surface area contributed by atoms with Crippen LogP contribution in [0.2, 0.25) is 5.02 Å². The molecule has 5 aromatic rings. The number of hydrogen-bond donors (Lipinski definition) is 1. The molecule has 7 rings (SSSR count). The van der Waals surface area contributed by atoms with E-state index in [2.05, 4.69) is 41.3 Å². The van der Waals surface area contributed by atoms with E-state index in [0.717, 1.165) is 28.3 Å². The van der Waals surface area contributed by atoms with Gasteiger partial charge in [0, 0.05) is 29.8 Å². The van der Waals surface area contributed by atoms with E-state index in [9.17, 15) is 27.6 Å². The molecule has 0 bridgehead atoms. The summed E-state index contributed by atoms with van der Waals surface area (Å²) in [7, 11) is 0. The maximum Gasteiger partial charge on any atom is 0.416 e. The summed E-state index contributed by atoms with van der Waals surface area (Å²) in [6.45, 7) is 4.30. The second-order valence-electron chi connectivity index (χ2n) is 13.1. The summed E-state index contributed by atoms with van der Waals surface area (Å²) in [5.74, 6) is -0.637. The fraction of sp³-hybridized carbons (Fsp3) is 0.343. The summed E-state index contributed by atoms with van der Waals surface area (Å²) in [5.41, 5.74) is 0.819. The quantitative estimate of drug-likeness (QED) is 0.202. The van der Waals surface area contributed by atoms with Gasteiger partial charge in [0.25, 0.3) is 11.5 Å². The molecular formula is C35H31BrClF3N8O4. The van der Waals surface area contributed by atoms with Crippen molar-refractivity contribution in [2.45, 2.75) is 63.8 Å². The number of nitrogens with zero attached hydrogens (tertiary/aromatic N) is 7. The van der Waals surface area contributed by atoms with E-state index in [0.29, 0.717) is 55.1 Å². The average Bonchev–Trinajstić information content (AvgIpc) is 3.64.